The van der Waals surface area contributed by atoms with Crippen molar-refractivity contribution in [2.24, 2.45) is 4.40 Å². The van der Waals surface area contributed by atoms with E-state index in [1.54, 1.807) is 6.07 Å². The molecule has 0 amide bonds. The van der Waals surface area contributed by atoms with E-state index in [4.69, 9.17) is 5.26 Å². The molecule has 1 unspecified atom stereocenters. The van der Waals surface area contributed by atoms with Crippen LogP contribution in [0.2, 0.25) is 0 Å². The van der Waals surface area contributed by atoms with Crippen molar-refractivity contribution in [1.82, 2.24) is 0 Å². The summed E-state index contributed by atoms with van der Waals surface area (Å²) in [6.45, 7) is 5.43. The molecule has 5 heteroatoms. The third kappa shape index (κ3) is 3.75. The van der Waals surface area contributed by atoms with Gasteiger partial charge in [-0.3, -0.25) is 0 Å². The van der Waals surface area contributed by atoms with Gasteiger partial charge in [-0.15, -0.1) is 0 Å². The minimum absolute atomic E-state index is 0.0458. The van der Waals surface area contributed by atoms with Gasteiger partial charge in [-0.2, -0.15) is 9.66 Å². The maximum absolute atomic E-state index is 13.0. The van der Waals surface area contributed by atoms with Crippen molar-refractivity contribution in [3.63, 3.8) is 0 Å². The molecule has 17 heavy (non-hydrogen) atoms. The molecule has 0 saturated heterocycles. The first-order valence-corrected chi connectivity index (χ1v) is 6.11. The summed E-state index contributed by atoms with van der Waals surface area (Å²) >= 11 is 0. The molecule has 0 aromatic heterocycles. The van der Waals surface area contributed by atoms with E-state index in [2.05, 4.69) is 4.40 Å². The quantitative estimate of drug-likeness (QED) is 0.760. The molecule has 90 valence electrons. The van der Waals surface area contributed by atoms with Crippen molar-refractivity contribution in [3.05, 3.63) is 35.1 Å². The van der Waals surface area contributed by atoms with Gasteiger partial charge in [0.25, 0.3) is 0 Å². The summed E-state index contributed by atoms with van der Waals surface area (Å²) in [7, 11) is -1.36. The Morgan fingerprint density at radius 1 is 1.47 bits per heavy atom. The molecule has 0 spiro atoms. The lowest BCUT2D eigenvalue weighted by atomic mass is 10.1. The van der Waals surface area contributed by atoms with E-state index in [9.17, 15) is 8.60 Å². The molecule has 1 aromatic rings. The summed E-state index contributed by atoms with van der Waals surface area (Å²) < 4.78 is 28.1. The number of nitrogens with zero attached hydrogens (tertiary/aromatic N) is 2. The molecule has 1 rings (SSSR count). The molecular weight excluding hydrogens is 239 g/mol. The lowest BCUT2D eigenvalue weighted by Gasteiger charge is -2.12. The first kappa shape index (κ1) is 13.5. The molecule has 0 N–H and O–H groups in total. The van der Waals surface area contributed by atoms with Gasteiger partial charge < -0.3 is 0 Å². The number of rotatable bonds is 2. The largest absolute Gasteiger partial charge is 0.234 e. The van der Waals surface area contributed by atoms with Crippen molar-refractivity contribution in [2.75, 3.05) is 0 Å². The molecule has 1 atom stereocenters. The lowest BCUT2D eigenvalue weighted by Crippen LogP contribution is -2.19. The average Bonchev–Trinajstić information content (AvgIpc) is 2.26. The first-order chi connectivity index (χ1) is 7.84. The summed E-state index contributed by atoms with van der Waals surface area (Å²) in [6, 6.07) is 5.79. The Kier molecular flexibility index (Phi) is 4.13. The van der Waals surface area contributed by atoms with Crippen molar-refractivity contribution < 1.29 is 8.60 Å². The molecule has 0 bridgehead atoms. The number of halogens is 1. The second-order valence-corrected chi connectivity index (χ2v) is 6.38. The molecule has 0 heterocycles. The Balaban J connectivity index is 2.94. The molecule has 0 aliphatic rings. The molecular formula is C12H13FN2OS. The van der Waals surface area contributed by atoms with Gasteiger partial charge in [0, 0.05) is 6.21 Å². The fraction of sp³-hybridized carbons (Fsp3) is 0.333. The highest BCUT2D eigenvalue weighted by Gasteiger charge is 2.18. The molecule has 0 aliphatic carbocycles. The zero-order chi connectivity index (χ0) is 13.1. The minimum Gasteiger partial charge on any atom is -0.234 e. The fourth-order valence-electron chi connectivity index (χ4n) is 0.976. The molecule has 0 radical (unpaired) electrons. The highest BCUT2D eigenvalue weighted by Crippen LogP contribution is 2.13. The molecule has 3 nitrogen and oxygen atoms in total. The standard InChI is InChI=1S/C12H13FN2OS/c1-12(2,3)17(16)15-8-9-4-5-11(13)10(6-9)7-14/h4-6,8H,1-3H3. The van der Waals surface area contributed by atoms with Crippen LogP contribution in [0.1, 0.15) is 31.9 Å². The first-order valence-electron chi connectivity index (χ1n) is 5.00. The van der Waals surface area contributed by atoms with Crippen LogP contribution in [0.4, 0.5) is 4.39 Å². The van der Waals surface area contributed by atoms with Gasteiger partial charge in [-0.1, -0.05) is 6.07 Å². The Morgan fingerprint density at radius 2 is 2.12 bits per heavy atom. The van der Waals surface area contributed by atoms with Crippen molar-refractivity contribution in [2.45, 2.75) is 25.5 Å². The van der Waals surface area contributed by atoms with Gasteiger partial charge in [-0.25, -0.2) is 8.60 Å². The van der Waals surface area contributed by atoms with Crippen LogP contribution in [0.3, 0.4) is 0 Å². The van der Waals surface area contributed by atoms with Crippen LogP contribution < -0.4 is 0 Å². The second-order valence-electron chi connectivity index (χ2n) is 4.45. The Hall–Kier alpha value is -1.54. The monoisotopic (exact) mass is 252 g/mol. The van der Waals surface area contributed by atoms with E-state index in [1.165, 1.54) is 24.4 Å². The van der Waals surface area contributed by atoms with E-state index < -0.39 is 21.5 Å². The normalized spacial score (nSPS) is 13.6. The number of nitriles is 1. The SMILES string of the molecule is CC(C)(C)S(=O)N=Cc1ccc(F)c(C#N)c1. The van der Waals surface area contributed by atoms with Gasteiger partial charge in [0.05, 0.1) is 10.3 Å². The minimum atomic E-state index is -1.36. The summed E-state index contributed by atoms with van der Waals surface area (Å²) in [4.78, 5) is 0. The smallest absolute Gasteiger partial charge is 0.144 e. The van der Waals surface area contributed by atoms with E-state index in [-0.39, 0.29) is 5.56 Å². The Labute approximate surface area is 103 Å². The molecule has 0 aliphatic heterocycles. The second kappa shape index (κ2) is 5.19. The average molecular weight is 252 g/mol. The summed E-state index contributed by atoms with van der Waals surface area (Å²) in [5, 5.41) is 8.66. The zero-order valence-electron chi connectivity index (χ0n) is 9.90. The van der Waals surface area contributed by atoms with Gasteiger partial charge in [-0.05, 0) is 38.5 Å². The molecule has 1 aromatic carbocycles. The van der Waals surface area contributed by atoms with Gasteiger partial charge in [0.15, 0.2) is 0 Å². The predicted octanol–water partition coefficient (Wildman–Crippen LogP) is 2.58. The maximum atomic E-state index is 13.0. The predicted molar refractivity (Wildman–Crippen MR) is 66.6 cm³/mol. The third-order valence-corrected chi connectivity index (χ3v) is 3.28. The Bertz CT molecular complexity index is 512. The molecule has 0 fully saturated rings. The summed E-state index contributed by atoms with van der Waals surface area (Å²) in [5.74, 6) is -0.568. The van der Waals surface area contributed by atoms with Crippen molar-refractivity contribution >= 4 is 17.2 Å². The van der Waals surface area contributed by atoms with Crippen LogP contribution in [0.25, 0.3) is 0 Å². The van der Waals surface area contributed by atoms with Crippen LogP contribution in [0.5, 0.6) is 0 Å². The highest BCUT2D eigenvalue weighted by molar-refractivity contribution is 7.85. The van der Waals surface area contributed by atoms with Gasteiger partial charge in [0.1, 0.15) is 22.9 Å². The lowest BCUT2D eigenvalue weighted by molar-refractivity contribution is 0.624. The van der Waals surface area contributed by atoms with Crippen molar-refractivity contribution in [1.29, 1.82) is 5.26 Å². The summed E-state index contributed by atoms with van der Waals surface area (Å²) in [6.07, 6.45) is 1.39. The highest BCUT2D eigenvalue weighted by atomic mass is 32.2. The number of benzene rings is 1. The molecule has 0 saturated carbocycles. The van der Waals surface area contributed by atoms with Crippen LogP contribution in [-0.4, -0.2) is 15.2 Å². The van der Waals surface area contributed by atoms with Gasteiger partial charge in [0.2, 0.25) is 0 Å². The van der Waals surface area contributed by atoms with E-state index in [1.807, 2.05) is 20.8 Å². The fourth-order valence-corrected chi connectivity index (χ4v) is 1.51. The maximum Gasteiger partial charge on any atom is 0.144 e. The van der Waals surface area contributed by atoms with Gasteiger partial charge >= 0.3 is 0 Å². The topological polar surface area (TPSA) is 53.2 Å². The van der Waals surface area contributed by atoms with E-state index >= 15 is 0 Å². The van der Waals surface area contributed by atoms with E-state index in [0.717, 1.165) is 0 Å². The van der Waals surface area contributed by atoms with Crippen LogP contribution in [0, 0.1) is 17.1 Å². The summed E-state index contributed by atoms with van der Waals surface area (Å²) in [5.41, 5.74) is 0.510. The number of hydrogen-bond acceptors (Lipinski definition) is 2. The third-order valence-electron chi connectivity index (χ3n) is 1.93. The number of hydrogen-bond donors (Lipinski definition) is 0. The van der Waals surface area contributed by atoms with Crippen LogP contribution in [0.15, 0.2) is 22.6 Å². The zero-order valence-corrected chi connectivity index (χ0v) is 10.7. The van der Waals surface area contributed by atoms with E-state index in [0.29, 0.717) is 5.56 Å². The van der Waals surface area contributed by atoms with Crippen molar-refractivity contribution in [3.8, 4) is 6.07 Å². The van der Waals surface area contributed by atoms with Crippen LogP contribution in [-0.2, 0) is 11.0 Å². The van der Waals surface area contributed by atoms with Crippen LogP contribution >= 0.6 is 0 Å². The Morgan fingerprint density at radius 3 is 2.65 bits per heavy atom.